The number of amides is 2. The molecule has 8 heteroatoms. The Balaban J connectivity index is 1.77. The van der Waals surface area contributed by atoms with Crippen molar-refractivity contribution in [2.75, 3.05) is 19.5 Å². The summed E-state index contributed by atoms with van der Waals surface area (Å²) in [6, 6.07) is 17.0. The number of benzene rings is 3. The Morgan fingerprint density at radius 1 is 0.906 bits per heavy atom. The highest BCUT2D eigenvalue weighted by Crippen LogP contribution is 2.28. The maximum Gasteiger partial charge on any atom is 0.273 e. The molecule has 7 nitrogen and oxygen atoms in total. The van der Waals surface area contributed by atoms with Crippen LogP contribution in [0.15, 0.2) is 65.8 Å². The molecule has 0 bridgehead atoms. The molecule has 32 heavy (non-hydrogen) atoms. The number of hydrogen-bond donors (Lipinski definition) is 2. The van der Waals surface area contributed by atoms with Gasteiger partial charge in [0, 0.05) is 10.6 Å². The number of hydrogen-bond acceptors (Lipinski definition) is 5. The third-order valence-corrected chi connectivity index (χ3v) is 4.81. The van der Waals surface area contributed by atoms with Crippen molar-refractivity contribution in [2.45, 2.75) is 6.92 Å². The minimum atomic E-state index is -0.493. The number of methoxy groups -OCH3 is 2. The van der Waals surface area contributed by atoms with E-state index in [9.17, 15) is 9.59 Å². The van der Waals surface area contributed by atoms with Crippen molar-refractivity contribution in [3.05, 3.63) is 87.9 Å². The Morgan fingerprint density at radius 3 is 2.31 bits per heavy atom. The second-order valence-electron chi connectivity index (χ2n) is 6.82. The lowest BCUT2D eigenvalue weighted by Gasteiger charge is -2.12. The van der Waals surface area contributed by atoms with Gasteiger partial charge in [0.2, 0.25) is 0 Å². The lowest BCUT2D eigenvalue weighted by Crippen LogP contribution is -2.21. The van der Waals surface area contributed by atoms with Gasteiger partial charge in [0.1, 0.15) is 0 Å². The number of rotatable bonds is 7. The van der Waals surface area contributed by atoms with Crippen LogP contribution < -0.4 is 20.2 Å². The predicted octanol–water partition coefficient (Wildman–Crippen LogP) is 4.68. The van der Waals surface area contributed by atoms with Gasteiger partial charge in [-0.25, -0.2) is 5.43 Å². The first kappa shape index (κ1) is 22.8. The van der Waals surface area contributed by atoms with Crippen LogP contribution in [0.25, 0.3) is 0 Å². The first-order chi connectivity index (χ1) is 15.4. The minimum Gasteiger partial charge on any atom is -0.493 e. The number of ether oxygens (including phenoxy) is 2. The third-order valence-electron chi connectivity index (χ3n) is 4.58. The van der Waals surface area contributed by atoms with E-state index in [0.717, 1.165) is 11.1 Å². The summed E-state index contributed by atoms with van der Waals surface area (Å²) in [5, 5.41) is 7.08. The smallest absolute Gasteiger partial charge is 0.273 e. The van der Waals surface area contributed by atoms with Crippen molar-refractivity contribution >= 4 is 35.3 Å². The zero-order chi connectivity index (χ0) is 23.1. The van der Waals surface area contributed by atoms with E-state index in [0.29, 0.717) is 22.1 Å². The summed E-state index contributed by atoms with van der Waals surface area (Å²) < 4.78 is 10.4. The van der Waals surface area contributed by atoms with Gasteiger partial charge in [-0.15, -0.1) is 0 Å². The lowest BCUT2D eigenvalue weighted by molar-refractivity contribution is 0.0956. The second-order valence-corrected chi connectivity index (χ2v) is 7.26. The van der Waals surface area contributed by atoms with Gasteiger partial charge >= 0.3 is 0 Å². The molecular weight excluding hydrogens is 430 g/mol. The molecule has 0 aliphatic rings. The number of carbonyl (C=O) groups excluding carboxylic acids is 2. The van der Waals surface area contributed by atoms with Gasteiger partial charge in [0.25, 0.3) is 11.8 Å². The molecule has 0 spiro atoms. The summed E-state index contributed by atoms with van der Waals surface area (Å²) in [6.45, 7) is 1.99. The van der Waals surface area contributed by atoms with Gasteiger partial charge in [-0.2, -0.15) is 5.10 Å². The predicted molar refractivity (Wildman–Crippen MR) is 125 cm³/mol. The molecule has 0 aromatic heterocycles. The molecule has 3 aromatic carbocycles. The average Bonchev–Trinajstić information content (AvgIpc) is 2.79. The van der Waals surface area contributed by atoms with Crippen LogP contribution in [0, 0.1) is 6.92 Å². The Labute approximate surface area is 191 Å². The van der Waals surface area contributed by atoms with Crippen LogP contribution in [0.1, 0.15) is 31.8 Å². The van der Waals surface area contributed by atoms with Crippen LogP contribution in [0.2, 0.25) is 5.02 Å². The van der Waals surface area contributed by atoms with Gasteiger partial charge in [-0.1, -0.05) is 41.4 Å². The molecule has 2 amide bonds. The maximum atomic E-state index is 12.8. The van der Waals surface area contributed by atoms with E-state index in [2.05, 4.69) is 15.8 Å². The maximum absolute atomic E-state index is 12.8. The van der Waals surface area contributed by atoms with Crippen molar-refractivity contribution in [2.24, 2.45) is 5.10 Å². The van der Waals surface area contributed by atoms with Crippen molar-refractivity contribution in [3.63, 3.8) is 0 Å². The monoisotopic (exact) mass is 451 g/mol. The van der Waals surface area contributed by atoms with E-state index in [1.807, 2.05) is 31.2 Å². The zero-order valence-electron chi connectivity index (χ0n) is 17.8. The Bertz CT molecular complexity index is 1160. The molecule has 3 rings (SSSR count). The average molecular weight is 452 g/mol. The van der Waals surface area contributed by atoms with E-state index in [4.69, 9.17) is 21.1 Å². The first-order valence-electron chi connectivity index (χ1n) is 9.64. The molecule has 0 saturated carbocycles. The quantitative estimate of drug-likeness (QED) is 0.403. The van der Waals surface area contributed by atoms with Gasteiger partial charge in [0.05, 0.1) is 31.7 Å². The number of hydrazone groups is 1. The third kappa shape index (κ3) is 5.65. The van der Waals surface area contributed by atoms with E-state index < -0.39 is 11.8 Å². The molecule has 0 atom stereocenters. The fourth-order valence-corrected chi connectivity index (χ4v) is 3.04. The Morgan fingerprint density at radius 2 is 1.62 bits per heavy atom. The van der Waals surface area contributed by atoms with E-state index >= 15 is 0 Å². The Hall–Kier alpha value is -3.84. The van der Waals surface area contributed by atoms with Crippen LogP contribution in [0.4, 0.5) is 5.69 Å². The van der Waals surface area contributed by atoms with Crippen LogP contribution in [-0.2, 0) is 0 Å². The van der Waals surface area contributed by atoms with Crippen molar-refractivity contribution < 1.29 is 19.1 Å². The summed E-state index contributed by atoms with van der Waals surface area (Å²) >= 11 is 6.09. The molecular formula is C24H22ClN3O4. The molecule has 0 radical (unpaired) electrons. The van der Waals surface area contributed by atoms with E-state index in [-0.39, 0.29) is 11.3 Å². The molecule has 2 N–H and O–H groups in total. The largest absolute Gasteiger partial charge is 0.493 e. The van der Waals surface area contributed by atoms with Crippen molar-refractivity contribution in [1.29, 1.82) is 0 Å². The molecule has 3 aromatic rings. The van der Waals surface area contributed by atoms with Gasteiger partial charge < -0.3 is 14.8 Å². The summed E-state index contributed by atoms with van der Waals surface area (Å²) in [4.78, 5) is 25.4. The van der Waals surface area contributed by atoms with Gasteiger partial charge in [-0.05, 0) is 48.9 Å². The number of nitrogens with zero attached hydrogens (tertiary/aromatic N) is 1. The molecule has 0 aliphatic heterocycles. The highest BCUT2D eigenvalue weighted by molar-refractivity contribution is 6.31. The van der Waals surface area contributed by atoms with Gasteiger partial charge in [-0.3, -0.25) is 9.59 Å². The van der Waals surface area contributed by atoms with Crippen LogP contribution >= 0.6 is 11.6 Å². The van der Waals surface area contributed by atoms with E-state index in [1.165, 1.54) is 32.6 Å². The number of aryl methyl sites for hydroxylation is 1. The molecule has 0 saturated heterocycles. The highest BCUT2D eigenvalue weighted by Gasteiger charge is 2.16. The summed E-state index contributed by atoms with van der Waals surface area (Å²) in [5.74, 6) is -0.0222. The normalized spacial score (nSPS) is 10.6. The standard InChI is InChI=1S/C24H22ClN3O4/c1-15-4-6-16(7-5-15)14-26-28-24(30)19-10-9-18(25)13-20(19)27-23(29)17-8-11-21(31-2)22(12-17)32-3/h4-14H,1-3H3,(H,27,29)(H,28,30). The SMILES string of the molecule is COc1ccc(C(=O)Nc2cc(Cl)ccc2C(=O)NN=Cc2ccc(C)cc2)cc1OC. The molecule has 0 fully saturated rings. The number of nitrogens with one attached hydrogen (secondary N) is 2. The van der Waals surface area contributed by atoms with Crippen LogP contribution in [-0.4, -0.2) is 32.2 Å². The molecule has 164 valence electrons. The van der Waals surface area contributed by atoms with Gasteiger partial charge in [0.15, 0.2) is 11.5 Å². The summed E-state index contributed by atoms with van der Waals surface area (Å²) in [6.07, 6.45) is 1.54. The Kier molecular flexibility index (Phi) is 7.46. The van der Waals surface area contributed by atoms with E-state index in [1.54, 1.807) is 24.3 Å². The zero-order valence-corrected chi connectivity index (χ0v) is 18.6. The minimum absolute atomic E-state index is 0.212. The van der Waals surface area contributed by atoms with Crippen LogP contribution in [0.3, 0.4) is 0 Å². The number of halogens is 1. The summed E-state index contributed by atoms with van der Waals surface area (Å²) in [5.41, 5.74) is 5.22. The first-order valence-corrected chi connectivity index (χ1v) is 10.0. The van der Waals surface area contributed by atoms with Crippen molar-refractivity contribution in [1.82, 2.24) is 5.43 Å². The second kappa shape index (κ2) is 10.5. The fourth-order valence-electron chi connectivity index (χ4n) is 2.87. The molecule has 0 aliphatic carbocycles. The molecule has 0 heterocycles. The lowest BCUT2D eigenvalue weighted by atomic mass is 10.1. The van der Waals surface area contributed by atoms with Crippen molar-refractivity contribution in [3.8, 4) is 11.5 Å². The fraction of sp³-hybridized carbons (Fsp3) is 0.125. The molecule has 0 unspecified atom stereocenters. The number of carbonyl (C=O) groups is 2. The van der Waals surface area contributed by atoms with Crippen LogP contribution in [0.5, 0.6) is 11.5 Å². The highest BCUT2D eigenvalue weighted by atomic mass is 35.5. The topological polar surface area (TPSA) is 89.0 Å². The summed E-state index contributed by atoms with van der Waals surface area (Å²) in [7, 11) is 2.99. The number of anilines is 1.